The Labute approximate surface area is 549 Å². The van der Waals surface area contributed by atoms with E-state index in [4.69, 9.17) is 44.3 Å². The zero-order valence-corrected chi connectivity index (χ0v) is 56.1. The Morgan fingerprint density at radius 1 is 0.607 bits per heavy atom. The number of halogens is 7. The average Bonchev–Trinajstić information content (AvgIpc) is 0.966. The van der Waals surface area contributed by atoms with Gasteiger partial charge in [0.25, 0.3) is 0 Å². The quantitative estimate of drug-likeness (QED) is 0.0281. The molecule has 0 aromatic heterocycles. The van der Waals surface area contributed by atoms with Gasteiger partial charge in [-0.3, -0.25) is 14.4 Å². The number of piperidine rings is 4. The van der Waals surface area contributed by atoms with Crippen molar-refractivity contribution in [3.8, 4) is 0 Å². The molecule has 4 heterocycles. The van der Waals surface area contributed by atoms with E-state index in [1.165, 1.54) is 63.4 Å². The van der Waals surface area contributed by atoms with Crippen LogP contribution in [-0.2, 0) is 40.7 Å². The van der Waals surface area contributed by atoms with Crippen LogP contribution < -0.4 is 37.2 Å². The van der Waals surface area contributed by atoms with E-state index in [0.29, 0.717) is 94.8 Å². The number of hydrogen-bond donors (Lipinski definition) is 10. The molecular formula is C67H96BrCl3F3N7O8. The van der Waals surface area contributed by atoms with Crippen LogP contribution >= 0.6 is 50.7 Å². The van der Waals surface area contributed by atoms with Gasteiger partial charge in [0, 0.05) is 131 Å². The van der Waals surface area contributed by atoms with Crippen molar-refractivity contribution in [1.29, 1.82) is 0 Å². The second-order valence-corrected chi connectivity index (χ2v) is 25.9. The zero-order valence-electron chi connectivity index (χ0n) is 52.2. The molecule has 4 aliphatic rings. The third-order valence-corrected chi connectivity index (χ3v) is 18.8. The molecule has 4 aliphatic heterocycles. The number of aliphatic hydroxyl groups is 3. The highest BCUT2D eigenvalue weighted by Crippen LogP contribution is 2.44. The van der Waals surface area contributed by atoms with Crippen molar-refractivity contribution >= 4 is 68.5 Å². The Hall–Kier alpha value is -3.93. The molecule has 0 aliphatic carbocycles. The van der Waals surface area contributed by atoms with Crippen molar-refractivity contribution in [2.45, 2.75) is 140 Å². The van der Waals surface area contributed by atoms with E-state index in [2.05, 4.69) is 77.4 Å². The minimum absolute atomic E-state index is 0.00792. The van der Waals surface area contributed by atoms with Crippen molar-refractivity contribution < 1.29 is 52.3 Å². The molecule has 15 nitrogen and oxygen atoms in total. The number of carbonyl (C=O) groups is 3. The lowest BCUT2D eigenvalue weighted by Gasteiger charge is -2.40. The molecule has 8 atom stereocenters. The molecule has 0 bridgehead atoms. The number of carbonyl (C=O) groups excluding carboxylic acids is 3. The predicted octanol–water partition coefficient (Wildman–Crippen LogP) is 11.3. The van der Waals surface area contributed by atoms with Gasteiger partial charge in [0.2, 0.25) is 17.7 Å². The number of ether oxygens (including phenoxy) is 2. The molecule has 8 rings (SSSR count). The lowest BCUT2D eigenvalue weighted by atomic mass is 9.74. The molecule has 10 N–H and O–H groups in total. The van der Waals surface area contributed by atoms with Gasteiger partial charge in [-0.15, -0.1) is 0 Å². The van der Waals surface area contributed by atoms with Gasteiger partial charge in [-0.1, -0.05) is 93.2 Å². The number of hydrogen-bond acceptors (Lipinski definition) is 12. The number of benzene rings is 4. The third kappa shape index (κ3) is 24.2. The minimum Gasteiger partial charge on any atom is -0.385 e. The Balaban J connectivity index is 0.000000216. The summed E-state index contributed by atoms with van der Waals surface area (Å²) in [4.78, 5) is 32.9. The van der Waals surface area contributed by atoms with E-state index in [1.54, 1.807) is 37.4 Å². The van der Waals surface area contributed by atoms with Crippen LogP contribution in [0.3, 0.4) is 0 Å². The molecule has 4 aromatic carbocycles. The van der Waals surface area contributed by atoms with Crippen LogP contribution in [0.4, 0.5) is 13.2 Å². The van der Waals surface area contributed by atoms with Crippen molar-refractivity contribution in [3.05, 3.63) is 138 Å². The maximum Gasteiger partial charge on any atom is 0.216 e. The normalized spacial score (nSPS) is 20.8. The average molecular weight is 1370 g/mol. The number of methoxy groups -OCH3 is 1. The first kappa shape index (κ1) is 75.8. The van der Waals surface area contributed by atoms with E-state index >= 15 is 0 Å². The Kier molecular flexibility index (Phi) is 33.7. The molecule has 7 unspecified atom stereocenters. The van der Waals surface area contributed by atoms with Crippen LogP contribution in [-0.4, -0.2) is 125 Å². The first-order chi connectivity index (χ1) is 42.6. The largest absolute Gasteiger partial charge is 0.385 e. The Morgan fingerprint density at radius 2 is 1.09 bits per heavy atom. The van der Waals surface area contributed by atoms with E-state index < -0.39 is 34.3 Å². The molecule has 3 amide bonds. The summed E-state index contributed by atoms with van der Waals surface area (Å²) in [6.07, 6.45) is 12.0. The van der Waals surface area contributed by atoms with Gasteiger partial charge in [0.1, 0.15) is 17.5 Å². The second kappa shape index (κ2) is 39.6. The van der Waals surface area contributed by atoms with Crippen molar-refractivity contribution in [2.24, 2.45) is 23.7 Å². The molecule has 4 fully saturated rings. The molecule has 4 saturated heterocycles. The van der Waals surface area contributed by atoms with Crippen LogP contribution in [0.25, 0.3) is 0 Å². The SMILES string of the molecule is CC(=O)NCCCC(O)(c1cc(F)cc(Cl)c1)C1CCCNC1.CC(=O)NCCCC(O)(c1cccc(Cl)c1F)C1CCCNC1.CC(=O)NCCCC(O)(c1cccc(F)c1Cl)C1CCCNC1.COCCCO[C@@H](c1ccccc1Br)C1CCCNC1. The Bertz CT molecular complexity index is 2660. The van der Waals surface area contributed by atoms with Crippen LogP contribution in [0.1, 0.15) is 145 Å². The van der Waals surface area contributed by atoms with Crippen LogP contribution in [0.2, 0.25) is 15.1 Å². The molecular weight excluding hydrogens is 1270 g/mol. The monoisotopic (exact) mass is 1370 g/mol. The predicted molar refractivity (Wildman–Crippen MR) is 351 cm³/mol. The fraction of sp³-hybridized carbons (Fsp3) is 0.597. The summed E-state index contributed by atoms with van der Waals surface area (Å²) in [5.41, 5.74) is -1.18. The smallest absolute Gasteiger partial charge is 0.216 e. The summed E-state index contributed by atoms with van der Waals surface area (Å²) < 4.78 is 54.6. The first-order valence-corrected chi connectivity index (χ1v) is 33.5. The maximum absolute atomic E-state index is 14.5. The standard InChI is InChI=1S/3C17H24ClFN2O2.C16H24BrNO2/c1-12(22)21-10-4-8-17(23,13-5-3-9-20-11-13)14-6-2-7-15(19)16(14)18;1-12(22)21-10-4-8-17(23,13-5-3-9-20-11-13)14-6-2-7-15(18)16(14)19;1-12(22)21-7-3-5-17(23,13-4-2-6-20-11-13)14-8-15(18)10-16(19)9-14;1-19-10-5-11-20-16(13-6-4-9-18-12-13)14-7-2-3-8-15(14)17/h2*2,6-7,13,20,23H,3-5,8-11H2,1H3,(H,21,22);8-10,13,20,23H,2-7,11H2,1H3,(H,21,22);2-3,7-8,13,16,18H,4-6,9-12H2,1H3/t;;;13?,16-/m...1/s1. The summed E-state index contributed by atoms with van der Waals surface area (Å²) in [6, 6.07) is 21.9. The summed E-state index contributed by atoms with van der Waals surface area (Å²) in [7, 11) is 1.73. The van der Waals surface area contributed by atoms with E-state index in [1.807, 2.05) is 0 Å². The van der Waals surface area contributed by atoms with E-state index in [0.717, 1.165) is 95.4 Å². The highest BCUT2D eigenvalue weighted by Gasteiger charge is 2.43. The summed E-state index contributed by atoms with van der Waals surface area (Å²) in [5, 5.41) is 55.8. The van der Waals surface area contributed by atoms with Crippen LogP contribution in [0.5, 0.6) is 0 Å². The van der Waals surface area contributed by atoms with E-state index in [-0.39, 0.29) is 62.2 Å². The number of amides is 3. The zero-order chi connectivity index (χ0) is 64.8. The van der Waals surface area contributed by atoms with Gasteiger partial charge in [0.05, 0.1) is 33.0 Å². The summed E-state index contributed by atoms with van der Waals surface area (Å²) in [5.74, 6) is -1.41. The first-order valence-electron chi connectivity index (χ1n) is 31.6. The highest BCUT2D eigenvalue weighted by atomic mass is 79.9. The lowest BCUT2D eigenvalue weighted by molar-refractivity contribution is -0.119. The highest BCUT2D eigenvalue weighted by molar-refractivity contribution is 9.10. The second-order valence-electron chi connectivity index (χ2n) is 23.8. The molecule has 0 saturated carbocycles. The maximum atomic E-state index is 14.5. The molecule has 496 valence electrons. The van der Waals surface area contributed by atoms with Crippen LogP contribution in [0.15, 0.2) is 83.3 Å². The van der Waals surface area contributed by atoms with Gasteiger partial charge in [-0.25, -0.2) is 13.2 Å². The topological polar surface area (TPSA) is 215 Å². The third-order valence-electron chi connectivity index (χ3n) is 17.2. The molecule has 22 heteroatoms. The van der Waals surface area contributed by atoms with Gasteiger partial charge < -0.3 is 62.0 Å². The van der Waals surface area contributed by atoms with E-state index in [9.17, 15) is 42.9 Å². The van der Waals surface area contributed by atoms with Crippen LogP contribution in [0, 0.1) is 41.1 Å². The number of rotatable bonds is 25. The van der Waals surface area contributed by atoms with Gasteiger partial charge in [0.15, 0.2) is 0 Å². The van der Waals surface area contributed by atoms with Crippen molar-refractivity contribution in [1.82, 2.24) is 37.2 Å². The van der Waals surface area contributed by atoms with Crippen molar-refractivity contribution in [3.63, 3.8) is 0 Å². The molecule has 0 spiro atoms. The molecule has 89 heavy (non-hydrogen) atoms. The fourth-order valence-corrected chi connectivity index (χ4v) is 13.8. The summed E-state index contributed by atoms with van der Waals surface area (Å²) >= 11 is 21.7. The summed E-state index contributed by atoms with van der Waals surface area (Å²) in [6.45, 7) is 14.2. The fourth-order valence-electron chi connectivity index (χ4n) is 12.6. The molecule has 4 aromatic rings. The molecule has 0 radical (unpaired) electrons. The van der Waals surface area contributed by atoms with Gasteiger partial charge >= 0.3 is 0 Å². The van der Waals surface area contributed by atoms with Gasteiger partial charge in [-0.05, 0) is 170 Å². The lowest BCUT2D eigenvalue weighted by Crippen LogP contribution is -2.45. The van der Waals surface area contributed by atoms with Crippen molar-refractivity contribution in [2.75, 3.05) is 92.3 Å². The Morgan fingerprint density at radius 3 is 1.57 bits per heavy atom. The number of nitrogens with one attached hydrogen (secondary N) is 7. The minimum atomic E-state index is -1.29. The van der Waals surface area contributed by atoms with Gasteiger partial charge in [-0.2, -0.15) is 0 Å².